The number of allylic oxidation sites excluding steroid dienone is 2. The van der Waals surface area contributed by atoms with E-state index in [4.69, 9.17) is 32.4 Å². The van der Waals surface area contributed by atoms with E-state index in [0.717, 1.165) is 11.8 Å². The summed E-state index contributed by atoms with van der Waals surface area (Å²) in [5.74, 6) is -2.07. The number of esters is 1. The van der Waals surface area contributed by atoms with Gasteiger partial charge in [-0.3, -0.25) is 9.59 Å². The number of hydrogen-bond acceptors (Lipinski definition) is 8. The summed E-state index contributed by atoms with van der Waals surface area (Å²) in [5, 5.41) is 19.9. The lowest BCUT2D eigenvalue weighted by Crippen LogP contribution is -2.31. The molecule has 12 heteroatoms. The van der Waals surface area contributed by atoms with Gasteiger partial charge in [0.1, 0.15) is 5.76 Å². The number of carbonyl (C=O) groups excluding carboxylic acids is 3. The molecule has 1 atom stereocenters. The summed E-state index contributed by atoms with van der Waals surface area (Å²) >= 11 is 13.1. The number of methoxy groups -OCH3 is 1. The van der Waals surface area contributed by atoms with Crippen LogP contribution in [-0.2, 0) is 14.3 Å². The lowest BCUT2D eigenvalue weighted by Gasteiger charge is -2.28. The second-order valence-electron chi connectivity index (χ2n) is 8.45. The van der Waals surface area contributed by atoms with Gasteiger partial charge in [-0.25, -0.2) is 4.79 Å². The number of furan rings is 1. The lowest BCUT2D eigenvalue weighted by molar-refractivity contribution is -0.114. The predicted molar refractivity (Wildman–Crippen MR) is 154 cm³/mol. The zero-order chi connectivity index (χ0) is 28.8. The molecule has 0 fully saturated rings. The molecule has 1 aliphatic rings. The van der Waals surface area contributed by atoms with Crippen molar-refractivity contribution < 1.29 is 23.5 Å². The van der Waals surface area contributed by atoms with Gasteiger partial charge in [0.15, 0.2) is 0 Å². The van der Waals surface area contributed by atoms with Crippen LogP contribution in [-0.4, -0.2) is 30.6 Å². The van der Waals surface area contributed by atoms with E-state index in [-0.39, 0.29) is 34.1 Å². The lowest BCUT2D eigenvalue weighted by atomic mass is 9.85. The van der Waals surface area contributed by atoms with Crippen LogP contribution in [0.1, 0.15) is 29.0 Å². The van der Waals surface area contributed by atoms with Crippen molar-refractivity contribution in [1.82, 2.24) is 5.32 Å². The van der Waals surface area contributed by atoms with Gasteiger partial charge in [0.2, 0.25) is 5.91 Å². The molecule has 0 spiro atoms. The maximum atomic E-state index is 13.6. The van der Waals surface area contributed by atoms with Crippen LogP contribution in [0.5, 0.6) is 0 Å². The van der Waals surface area contributed by atoms with Crippen LogP contribution in [0, 0.1) is 11.3 Å². The third-order valence-corrected chi connectivity index (χ3v) is 7.25. The fourth-order valence-corrected chi connectivity index (χ4v) is 5.52. The van der Waals surface area contributed by atoms with Crippen LogP contribution in [0.25, 0.3) is 0 Å². The Morgan fingerprint density at radius 1 is 1.10 bits per heavy atom. The van der Waals surface area contributed by atoms with Crippen molar-refractivity contribution in [3.8, 4) is 6.07 Å². The van der Waals surface area contributed by atoms with Crippen molar-refractivity contribution in [3.63, 3.8) is 0 Å². The zero-order valence-corrected chi connectivity index (χ0v) is 23.5. The van der Waals surface area contributed by atoms with Gasteiger partial charge < -0.3 is 25.1 Å². The molecule has 4 rings (SSSR count). The highest BCUT2D eigenvalue weighted by molar-refractivity contribution is 8.03. The zero-order valence-electron chi connectivity index (χ0n) is 21.2. The molecule has 0 aliphatic carbocycles. The highest BCUT2D eigenvalue weighted by atomic mass is 35.5. The predicted octanol–water partition coefficient (Wildman–Crippen LogP) is 6.08. The van der Waals surface area contributed by atoms with E-state index in [1.54, 1.807) is 55.5 Å². The summed E-state index contributed by atoms with van der Waals surface area (Å²) in [4.78, 5) is 38.5. The van der Waals surface area contributed by atoms with Crippen molar-refractivity contribution in [2.24, 2.45) is 0 Å². The number of dihydropyridines is 1. The standard InChI is InChI=1S/C28H22Cl2N4O5S/c1-15-24(26(36)34-21-7-4-3-6-19(21)28(37)38-2)25(22-8-5-9-39-22)20(13-31)27(32-15)40-14-23(35)33-18-11-16(29)10-17(30)12-18/h3-12,25,32H,14H2,1-2H3,(H,33,35)(H,34,36)/t25-/m1/s1. The van der Waals surface area contributed by atoms with Crippen LogP contribution < -0.4 is 16.0 Å². The van der Waals surface area contributed by atoms with Gasteiger partial charge in [0.05, 0.1) is 58.5 Å². The Balaban J connectivity index is 1.60. The van der Waals surface area contributed by atoms with Gasteiger partial charge in [-0.15, -0.1) is 0 Å². The van der Waals surface area contributed by atoms with E-state index in [1.165, 1.54) is 19.4 Å². The molecule has 0 unspecified atom stereocenters. The number of rotatable bonds is 8. The topological polar surface area (TPSA) is 133 Å². The third kappa shape index (κ3) is 6.51. The van der Waals surface area contributed by atoms with Crippen LogP contribution in [0.15, 0.2) is 87.1 Å². The quantitative estimate of drug-likeness (QED) is 0.266. The number of halogens is 2. The summed E-state index contributed by atoms with van der Waals surface area (Å²) < 4.78 is 10.4. The summed E-state index contributed by atoms with van der Waals surface area (Å²) in [7, 11) is 1.25. The first-order valence-electron chi connectivity index (χ1n) is 11.7. The Morgan fingerprint density at radius 3 is 2.48 bits per heavy atom. The molecular weight excluding hydrogens is 575 g/mol. The first kappa shape index (κ1) is 28.8. The Morgan fingerprint density at radius 2 is 1.82 bits per heavy atom. The largest absolute Gasteiger partial charge is 0.468 e. The number of benzene rings is 2. The van der Waals surface area contributed by atoms with E-state index in [0.29, 0.717) is 32.2 Å². The molecule has 204 valence electrons. The van der Waals surface area contributed by atoms with Gasteiger partial charge in [-0.05, 0) is 49.4 Å². The average molecular weight is 597 g/mol. The van der Waals surface area contributed by atoms with Crippen LogP contribution in [0.4, 0.5) is 11.4 Å². The molecule has 2 aromatic carbocycles. The van der Waals surface area contributed by atoms with E-state index in [2.05, 4.69) is 22.0 Å². The molecule has 0 saturated heterocycles. The SMILES string of the molecule is COC(=O)c1ccccc1NC(=O)C1=C(C)NC(SCC(=O)Nc2cc(Cl)cc(Cl)c2)=C(C#N)[C@@H]1c1ccco1. The first-order valence-corrected chi connectivity index (χ1v) is 13.5. The molecule has 9 nitrogen and oxygen atoms in total. The molecule has 2 amide bonds. The van der Waals surface area contributed by atoms with E-state index < -0.39 is 17.8 Å². The second kappa shape index (κ2) is 12.8. The molecule has 0 saturated carbocycles. The summed E-state index contributed by atoms with van der Waals surface area (Å²) in [6, 6.07) is 16.6. The fourth-order valence-electron chi connectivity index (χ4n) is 4.10. The van der Waals surface area contributed by atoms with E-state index >= 15 is 0 Å². The molecule has 40 heavy (non-hydrogen) atoms. The monoisotopic (exact) mass is 596 g/mol. The smallest absolute Gasteiger partial charge is 0.339 e. The van der Waals surface area contributed by atoms with Crippen molar-refractivity contribution in [3.05, 3.63) is 104 Å². The number of amides is 2. The summed E-state index contributed by atoms with van der Waals surface area (Å²) in [6.07, 6.45) is 1.44. The molecule has 0 radical (unpaired) electrons. The minimum absolute atomic E-state index is 0.0518. The number of thioether (sulfide) groups is 1. The Bertz CT molecular complexity index is 1560. The number of nitriles is 1. The molecule has 2 heterocycles. The Hall–Kier alpha value is -4.17. The molecule has 1 aromatic heterocycles. The maximum Gasteiger partial charge on any atom is 0.339 e. The highest BCUT2D eigenvalue weighted by Gasteiger charge is 2.37. The van der Waals surface area contributed by atoms with Crippen molar-refractivity contribution in [2.75, 3.05) is 23.5 Å². The van der Waals surface area contributed by atoms with Gasteiger partial charge >= 0.3 is 5.97 Å². The number of anilines is 2. The minimum Gasteiger partial charge on any atom is -0.468 e. The molecule has 1 aliphatic heterocycles. The highest BCUT2D eigenvalue weighted by Crippen LogP contribution is 2.41. The van der Waals surface area contributed by atoms with Crippen molar-refractivity contribution in [2.45, 2.75) is 12.8 Å². The third-order valence-electron chi connectivity index (χ3n) is 5.79. The Labute approximate surface area is 244 Å². The van der Waals surface area contributed by atoms with Gasteiger partial charge in [-0.2, -0.15) is 5.26 Å². The molecule has 0 bridgehead atoms. The molecule has 3 N–H and O–H groups in total. The minimum atomic E-state index is -0.871. The Kier molecular flexibility index (Phi) is 9.22. The average Bonchev–Trinajstić information content (AvgIpc) is 3.45. The second-order valence-corrected chi connectivity index (χ2v) is 10.3. The fraction of sp³-hybridized carbons (Fsp3) is 0.143. The summed E-state index contributed by atoms with van der Waals surface area (Å²) in [6.45, 7) is 1.68. The van der Waals surface area contributed by atoms with Gasteiger partial charge in [0, 0.05) is 21.4 Å². The molecular formula is C28H22Cl2N4O5S. The van der Waals surface area contributed by atoms with E-state index in [1.807, 2.05) is 0 Å². The summed E-state index contributed by atoms with van der Waals surface area (Å²) in [5.41, 5.74) is 1.71. The number of carbonyl (C=O) groups is 3. The van der Waals surface area contributed by atoms with Crippen LogP contribution in [0.2, 0.25) is 10.0 Å². The number of hydrogen-bond donors (Lipinski definition) is 3. The normalized spacial score (nSPS) is 14.7. The van der Waals surface area contributed by atoms with Gasteiger partial charge in [-0.1, -0.05) is 47.1 Å². The van der Waals surface area contributed by atoms with E-state index in [9.17, 15) is 19.6 Å². The van der Waals surface area contributed by atoms with Crippen molar-refractivity contribution >= 4 is 64.1 Å². The number of ether oxygens (including phenoxy) is 1. The number of nitrogens with zero attached hydrogens (tertiary/aromatic N) is 1. The van der Waals surface area contributed by atoms with Crippen LogP contribution >= 0.6 is 35.0 Å². The van der Waals surface area contributed by atoms with Crippen LogP contribution in [0.3, 0.4) is 0 Å². The van der Waals surface area contributed by atoms with Gasteiger partial charge in [0.25, 0.3) is 5.91 Å². The number of para-hydroxylation sites is 1. The first-order chi connectivity index (χ1) is 19.2. The van der Waals surface area contributed by atoms with Crippen molar-refractivity contribution in [1.29, 1.82) is 5.26 Å². The molecule has 3 aromatic rings. The number of nitrogens with one attached hydrogen (secondary N) is 3. The maximum absolute atomic E-state index is 13.6.